The first-order chi connectivity index (χ1) is 13.6. The van der Waals surface area contributed by atoms with Crippen molar-refractivity contribution in [2.75, 3.05) is 11.9 Å². The molecule has 1 heterocycles. The number of hydrogen-bond donors (Lipinski definition) is 2. The first kappa shape index (κ1) is 21.3. The first-order valence-corrected chi connectivity index (χ1v) is 9.04. The van der Waals surface area contributed by atoms with Gasteiger partial charge in [0.1, 0.15) is 18.0 Å². The molecule has 0 spiro atoms. The highest BCUT2D eigenvalue weighted by atomic mass is 35.5. The lowest BCUT2D eigenvalue weighted by Gasteiger charge is -2.14. The molecule has 0 saturated heterocycles. The normalized spacial score (nSPS) is 12.7. The molecule has 3 N–H and O–H groups in total. The Morgan fingerprint density at radius 1 is 1.00 bits per heavy atom. The molecule has 10 heteroatoms. The third-order valence-corrected chi connectivity index (χ3v) is 4.73. The van der Waals surface area contributed by atoms with Crippen molar-refractivity contribution >= 4 is 29.0 Å². The number of alkyl halides is 3. The minimum absolute atomic E-state index is 0.00422. The fourth-order valence-electron chi connectivity index (χ4n) is 2.59. The van der Waals surface area contributed by atoms with Crippen molar-refractivity contribution < 1.29 is 17.6 Å². The third-order valence-electron chi connectivity index (χ3n) is 4.11. The van der Waals surface area contributed by atoms with E-state index in [1.165, 1.54) is 30.6 Å². The van der Waals surface area contributed by atoms with E-state index in [9.17, 15) is 17.6 Å². The summed E-state index contributed by atoms with van der Waals surface area (Å²) < 4.78 is 52.1. The van der Waals surface area contributed by atoms with Gasteiger partial charge in [-0.05, 0) is 29.8 Å². The number of aromatic nitrogens is 2. The number of nitrogens with one attached hydrogen (secondary N) is 1. The van der Waals surface area contributed by atoms with Crippen LogP contribution in [-0.2, 0) is 6.18 Å². The third kappa shape index (κ3) is 5.14. The van der Waals surface area contributed by atoms with E-state index in [-0.39, 0.29) is 11.6 Å². The number of nitrogens with two attached hydrogens (primary N) is 1. The Morgan fingerprint density at radius 2 is 1.76 bits per heavy atom. The fraction of sp³-hybridized carbons (Fsp3) is 0.158. The van der Waals surface area contributed by atoms with Gasteiger partial charge in [0, 0.05) is 24.2 Å². The van der Waals surface area contributed by atoms with Gasteiger partial charge in [-0.3, -0.25) is 0 Å². The summed E-state index contributed by atoms with van der Waals surface area (Å²) in [5.74, 6) is -0.168. The number of nitrogens with zero attached hydrogens (tertiary/aromatic N) is 2. The molecule has 0 aliphatic heterocycles. The second kappa shape index (κ2) is 8.52. The monoisotopic (exact) mass is 444 g/mol. The van der Waals surface area contributed by atoms with Crippen molar-refractivity contribution in [3.63, 3.8) is 0 Å². The zero-order valence-corrected chi connectivity index (χ0v) is 16.2. The Labute approximate surface area is 173 Å². The topological polar surface area (TPSA) is 63.8 Å². The van der Waals surface area contributed by atoms with Gasteiger partial charge in [0.2, 0.25) is 0 Å². The fourth-order valence-corrected chi connectivity index (χ4v) is 3.00. The summed E-state index contributed by atoms with van der Waals surface area (Å²) in [5, 5.41) is 2.58. The summed E-state index contributed by atoms with van der Waals surface area (Å²) in [7, 11) is 0. The van der Waals surface area contributed by atoms with Crippen LogP contribution in [0.4, 0.5) is 23.4 Å². The van der Waals surface area contributed by atoms with Crippen LogP contribution in [0, 0.1) is 5.82 Å². The minimum Gasteiger partial charge on any atom is -0.368 e. The largest absolute Gasteiger partial charge is 0.417 e. The van der Waals surface area contributed by atoms with Crippen LogP contribution in [0.3, 0.4) is 0 Å². The van der Waals surface area contributed by atoms with E-state index < -0.39 is 28.6 Å². The van der Waals surface area contributed by atoms with Gasteiger partial charge in [0.05, 0.1) is 21.3 Å². The molecule has 0 radical (unpaired) electrons. The predicted octanol–water partition coefficient (Wildman–Crippen LogP) is 5.72. The van der Waals surface area contributed by atoms with E-state index in [1.54, 1.807) is 12.1 Å². The van der Waals surface area contributed by atoms with Gasteiger partial charge in [0.15, 0.2) is 0 Å². The predicted molar refractivity (Wildman–Crippen MR) is 104 cm³/mol. The van der Waals surface area contributed by atoms with Crippen molar-refractivity contribution in [2.45, 2.75) is 12.2 Å². The van der Waals surface area contributed by atoms with E-state index in [2.05, 4.69) is 15.3 Å². The molecule has 1 aromatic heterocycles. The van der Waals surface area contributed by atoms with Crippen molar-refractivity contribution in [1.29, 1.82) is 0 Å². The summed E-state index contributed by atoms with van der Waals surface area (Å²) in [4.78, 5) is 8.12. The number of halogens is 6. The smallest absolute Gasteiger partial charge is 0.368 e. The Balaban J connectivity index is 1.74. The molecule has 0 amide bonds. The number of hydrogen-bond acceptors (Lipinski definition) is 4. The van der Waals surface area contributed by atoms with Crippen molar-refractivity contribution in [3.8, 4) is 11.3 Å². The van der Waals surface area contributed by atoms with Gasteiger partial charge in [-0.2, -0.15) is 13.2 Å². The van der Waals surface area contributed by atoms with E-state index in [0.29, 0.717) is 22.6 Å². The Hall–Kier alpha value is -2.42. The minimum atomic E-state index is -4.54. The van der Waals surface area contributed by atoms with Crippen molar-refractivity contribution in [3.05, 3.63) is 75.8 Å². The zero-order chi connectivity index (χ0) is 21.2. The molecule has 3 aromatic rings. The summed E-state index contributed by atoms with van der Waals surface area (Å²) in [5.41, 5.74) is 6.45. The highest BCUT2D eigenvalue weighted by Crippen LogP contribution is 2.36. The van der Waals surface area contributed by atoms with Gasteiger partial charge in [-0.15, -0.1) is 0 Å². The SMILES string of the molecule is N[C@@H](CNc1cc(-c2ccc(C(F)(F)F)c(Cl)c2)ncn1)c1ccc(Cl)c(F)c1. The molecule has 0 bridgehead atoms. The van der Waals surface area contributed by atoms with Crippen LogP contribution < -0.4 is 11.1 Å². The average Bonchev–Trinajstić information content (AvgIpc) is 2.67. The van der Waals surface area contributed by atoms with Gasteiger partial charge in [0.25, 0.3) is 0 Å². The average molecular weight is 445 g/mol. The summed E-state index contributed by atoms with van der Waals surface area (Å²) >= 11 is 11.4. The van der Waals surface area contributed by atoms with Gasteiger partial charge < -0.3 is 11.1 Å². The van der Waals surface area contributed by atoms with E-state index in [4.69, 9.17) is 28.9 Å². The number of anilines is 1. The maximum absolute atomic E-state index is 13.6. The molecular weight excluding hydrogens is 431 g/mol. The Kier molecular flexibility index (Phi) is 6.26. The Bertz CT molecular complexity index is 1030. The molecule has 152 valence electrons. The van der Waals surface area contributed by atoms with E-state index >= 15 is 0 Å². The van der Waals surface area contributed by atoms with Crippen molar-refractivity contribution in [2.24, 2.45) is 5.73 Å². The lowest BCUT2D eigenvalue weighted by molar-refractivity contribution is -0.137. The lowest BCUT2D eigenvalue weighted by Crippen LogP contribution is -2.21. The van der Waals surface area contributed by atoms with E-state index in [0.717, 1.165) is 6.07 Å². The molecule has 0 saturated carbocycles. The molecule has 3 rings (SSSR count). The van der Waals surface area contributed by atoms with Crippen molar-refractivity contribution in [1.82, 2.24) is 9.97 Å². The molecule has 29 heavy (non-hydrogen) atoms. The van der Waals surface area contributed by atoms with Gasteiger partial charge in [-0.1, -0.05) is 35.3 Å². The molecule has 2 aromatic carbocycles. The molecule has 0 aliphatic rings. The van der Waals surface area contributed by atoms with Crippen LogP contribution in [0.15, 0.2) is 48.8 Å². The molecular formula is C19H14Cl2F4N4. The quantitative estimate of drug-likeness (QED) is 0.493. The molecule has 0 aliphatic carbocycles. The second-order valence-electron chi connectivity index (χ2n) is 6.14. The highest BCUT2D eigenvalue weighted by Gasteiger charge is 2.33. The lowest BCUT2D eigenvalue weighted by atomic mass is 10.1. The van der Waals surface area contributed by atoms with Crippen LogP contribution in [0.25, 0.3) is 11.3 Å². The van der Waals surface area contributed by atoms with Gasteiger partial charge >= 0.3 is 6.18 Å². The number of rotatable bonds is 5. The second-order valence-corrected chi connectivity index (χ2v) is 6.96. The van der Waals surface area contributed by atoms with Crippen LogP contribution in [-0.4, -0.2) is 16.5 Å². The van der Waals surface area contributed by atoms with Gasteiger partial charge in [-0.25, -0.2) is 14.4 Å². The van der Waals surface area contributed by atoms with Crippen LogP contribution >= 0.6 is 23.2 Å². The molecule has 0 unspecified atom stereocenters. The Morgan fingerprint density at radius 3 is 2.41 bits per heavy atom. The highest BCUT2D eigenvalue weighted by molar-refractivity contribution is 6.31. The van der Waals surface area contributed by atoms with Crippen LogP contribution in [0.1, 0.15) is 17.2 Å². The zero-order valence-electron chi connectivity index (χ0n) is 14.6. The first-order valence-electron chi connectivity index (χ1n) is 8.28. The molecule has 0 fully saturated rings. The van der Waals surface area contributed by atoms with Crippen LogP contribution in [0.2, 0.25) is 10.0 Å². The molecule has 1 atom stereocenters. The maximum atomic E-state index is 13.6. The summed E-state index contributed by atoms with van der Waals surface area (Å²) in [6.45, 7) is 0.227. The standard InChI is InChI=1S/C19H14Cl2F4N4/c20-13-4-2-10(6-15(13)22)16(26)8-27-18-7-17(28-9-29-18)11-1-3-12(14(21)5-11)19(23,24)25/h1-7,9,16H,8,26H2,(H,27,28,29)/t16-/m0/s1. The summed E-state index contributed by atoms with van der Waals surface area (Å²) in [6, 6.07) is 8.68. The van der Waals surface area contributed by atoms with E-state index in [1.807, 2.05) is 0 Å². The maximum Gasteiger partial charge on any atom is 0.417 e. The summed E-state index contributed by atoms with van der Waals surface area (Å²) in [6.07, 6.45) is -3.28. The van der Waals surface area contributed by atoms with Crippen LogP contribution in [0.5, 0.6) is 0 Å². The number of benzene rings is 2. The molecule has 4 nitrogen and oxygen atoms in total.